The van der Waals surface area contributed by atoms with E-state index in [0.29, 0.717) is 40.9 Å². The van der Waals surface area contributed by atoms with Crippen molar-refractivity contribution in [2.45, 2.75) is 38.8 Å². The van der Waals surface area contributed by atoms with Crippen LogP contribution in [0.5, 0.6) is 0 Å². The van der Waals surface area contributed by atoms with E-state index in [4.69, 9.17) is 21.3 Å². The predicted molar refractivity (Wildman–Crippen MR) is 149 cm³/mol. The lowest BCUT2D eigenvalue weighted by Crippen LogP contribution is -2.30. The van der Waals surface area contributed by atoms with E-state index in [0.717, 1.165) is 55.0 Å². The first-order chi connectivity index (χ1) is 18.5. The number of benzene rings is 1. The van der Waals surface area contributed by atoms with Crippen molar-refractivity contribution in [1.82, 2.24) is 29.4 Å². The molecule has 5 heterocycles. The van der Waals surface area contributed by atoms with Gasteiger partial charge in [0.05, 0.1) is 30.2 Å². The van der Waals surface area contributed by atoms with Gasteiger partial charge in [-0.1, -0.05) is 23.7 Å². The zero-order chi connectivity index (χ0) is 26.1. The van der Waals surface area contributed by atoms with Gasteiger partial charge in [-0.25, -0.2) is 9.97 Å². The zero-order valence-electron chi connectivity index (χ0n) is 21.4. The number of fused-ring (bicyclic) bond motifs is 1. The fourth-order valence-electron chi connectivity index (χ4n) is 5.20. The van der Waals surface area contributed by atoms with E-state index in [9.17, 15) is 4.79 Å². The number of aryl methyl sites for hydroxylation is 1. The molecule has 2 saturated heterocycles. The van der Waals surface area contributed by atoms with E-state index in [1.54, 1.807) is 23.2 Å². The first kappa shape index (κ1) is 24.9. The minimum absolute atomic E-state index is 0.115. The molecule has 0 bridgehead atoms. The maximum atomic E-state index is 14.0. The summed E-state index contributed by atoms with van der Waals surface area (Å²) in [4.78, 5) is 34.5. The Morgan fingerprint density at radius 3 is 2.71 bits per heavy atom. The first-order valence-electron chi connectivity index (χ1n) is 13.1. The standard InChI is InChI=1S/C28H30ClN7O2/c1-18-14-30-16-25(32-18)19-4-5-22(24(29)13-19)23-12-20-15-31-28(33-21-6-11-38-17-21)34-26(20)36(27(23)37)10-9-35-7-2-3-8-35/h4-5,12-16,21H,2-3,6-11,17H2,1H3,(H,31,33,34)/t21-/m1/s1. The number of nitrogens with zero attached hydrogens (tertiary/aromatic N) is 6. The molecule has 1 atom stereocenters. The molecule has 2 fully saturated rings. The maximum absolute atomic E-state index is 14.0. The number of pyridine rings is 1. The molecule has 38 heavy (non-hydrogen) atoms. The Kier molecular flexibility index (Phi) is 7.06. The summed E-state index contributed by atoms with van der Waals surface area (Å²) in [5.41, 5.74) is 4.11. The highest BCUT2D eigenvalue weighted by molar-refractivity contribution is 6.33. The van der Waals surface area contributed by atoms with E-state index in [-0.39, 0.29) is 11.6 Å². The first-order valence-corrected chi connectivity index (χ1v) is 13.5. The number of anilines is 1. The lowest BCUT2D eigenvalue weighted by molar-refractivity contribution is 0.195. The van der Waals surface area contributed by atoms with Crippen LogP contribution >= 0.6 is 11.6 Å². The minimum atomic E-state index is -0.115. The SMILES string of the molecule is Cc1cncc(-c2ccc(-c3cc4cnc(N[C@@H]5CCOC5)nc4n(CCN4CCCC4)c3=O)c(Cl)c2)n1. The largest absolute Gasteiger partial charge is 0.379 e. The molecule has 0 amide bonds. The number of hydrogen-bond donors (Lipinski definition) is 1. The molecule has 1 N–H and O–H groups in total. The third-order valence-corrected chi connectivity index (χ3v) is 7.55. The van der Waals surface area contributed by atoms with Crippen molar-refractivity contribution in [2.24, 2.45) is 0 Å². The van der Waals surface area contributed by atoms with Crippen LogP contribution in [-0.4, -0.2) is 68.3 Å². The highest BCUT2D eigenvalue weighted by Gasteiger charge is 2.20. The molecule has 196 valence electrons. The number of rotatable bonds is 7. The van der Waals surface area contributed by atoms with Gasteiger partial charge >= 0.3 is 0 Å². The molecule has 10 heteroatoms. The summed E-state index contributed by atoms with van der Waals surface area (Å²) in [5.74, 6) is 0.511. The topological polar surface area (TPSA) is 98.1 Å². The summed E-state index contributed by atoms with van der Waals surface area (Å²) in [6.45, 7) is 6.71. The van der Waals surface area contributed by atoms with Crippen LogP contribution in [0.2, 0.25) is 5.02 Å². The fraction of sp³-hybridized carbons (Fsp3) is 0.393. The number of nitrogens with one attached hydrogen (secondary N) is 1. The van der Waals surface area contributed by atoms with Crippen LogP contribution in [0.3, 0.4) is 0 Å². The Morgan fingerprint density at radius 1 is 1.08 bits per heavy atom. The molecular weight excluding hydrogens is 502 g/mol. The number of aromatic nitrogens is 5. The Hall–Kier alpha value is -3.40. The van der Waals surface area contributed by atoms with Gasteiger partial charge in [0.25, 0.3) is 5.56 Å². The van der Waals surface area contributed by atoms with Crippen molar-refractivity contribution >= 4 is 28.6 Å². The molecule has 6 rings (SSSR count). The Bertz CT molecular complexity index is 1530. The predicted octanol–water partition coefficient (Wildman–Crippen LogP) is 4.17. The highest BCUT2D eigenvalue weighted by atomic mass is 35.5. The van der Waals surface area contributed by atoms with Gasteiger partial charge in [-0.3, -0.25) is 14.3 Å². The summed E-state index contributed by atoms with van der Waals surface area (Å²) in [5, 5.41) is 4.62. The second kappa shape index (κ2) is 10.8. The van der Waals surface area contributed by atoms with Gasteiger partial charge in [0.15, 0.2) is 0 Å². The average Bonchev–Trinajstić information content (AvgIpc) is 3.63. The van der Waals surface area contributed by atoms with Crippen molar-refractivity contribution in [1.29, 1.82) is 0 Å². The molecule has 1 aromatic carbocycles. The second-order valence-electron chi connectivity index (χ2n) is 9.98. The average molecular weight is 532 g/mol. The fourth-order valence-corrected chi connectivity index (χ4v) is 5.49. The van der Waals surface area contributed by atoms with Crippen LogP contribution in [0.4, 0.5) is 5.95 Å². The molecule has 0 saturated carbocycles. The second-order valence-corrected chi connectivity index (χ2v) is 10.4. The van der Waals surface area contributed by atoms with Gasteiger partial charge < -0.3 is 15.0 Å². The summed E-state index contributed by atoms with van der Waals surface area (Å²) >= 11 is 6.77. The molecule has 0 unspecified atom stereocenters. The van der Waals surface area contributed by atoms with E-state index >= 15 is 0 Å². The van der Waals surface area contributed by atoms with Crippen molar-refractivity contribution in [2.75, 3.05) is 38.2 Å². The molecule has 3 aromatic heterocycles. The van der Waals surface area contributed by atoms with Crippen LogP contribution < -0.4 is 10.9 Å². The van der Waals surface area contributed by atoms with Crippen molar-refractivity contribution in [3.05, 3.63) is 63.9 Å². The molecule has 9 nitrogen and oxygen atoms in total. The number of halogens is 1. The molecule has 4 aromatic rings. The van der Waals surface area contributed by atoms with Gasteiger partial charge in [0, 0.05) is 59.2 Å². The summed E-state index contributed by atoms with van der Waals surface area (Å²) in [7, 11) is 0. The quantitative estimate of drug-likeness (QED) is 0.379. The summed E-state index contributed by atoms with van der Waals surface area (Å²) in [6, 6.07) is 7.67. The minimum Gasteiger partial charge on any atom is -0.379 e. The molecule has 0 aliphatic carbocycles. The molecule has 2 aliphatic rings. The van der Waals surface area contributed by atoms with E-state index in [1.807, 2.05) is 31.2 Å². The number of likely N-dealkylation sites (tertiary alicyclic amines) is 1. The maximum Gasteiger partial charge on any atom is 0.260 e. The lowest BCUT2D eigenvalue weighted by Gasteiger charge is -2.18. The van der Waals surface area contributed by atoms with Crippen LogP contribution in [0.1, 0.15) is 25.0 Å². The highest BCUT2D eigenvalue weighted by Crippen LogP contribution is 2.31. The van der Waals surface area contributed by atoms with Crippen molar-refractivity contribution in [3.8, 4) is 22.4 Å². The molecule has 0 spiro atoms. The van der Waals surface area contributed by atoms with Gasteiger partial charge in [-0.05, 0) is 51.4 Å². The smallest absolute Gasteiger partial charge is 0.260 e. The van der Waals surface area contributed by atoms with E-state index < -0.39 is 0 Å². The van der Waals surface area contributed by atoms with Gasteiger partial charge in [-0.15, -0.1) is 0 Å². The molecular formula is C28H30ClN7O2. The third kappa shape index (κ3) is 5.14. The molecule has 0 radical (unpaired) electrons. The van der Waals surface area contributed by atoms with Gasteiger partial charge in [0.1, 0.15) is 5.65 Å². The lowest BCUT2D eigenvalue weighted by atomic mass is 10.0. The normalized spacial score (nSPS) is 17.9. The third-order valence-electron chi connectivity index (χ3n) is 7.24. The van der Waals surface area contributed by atoms with Crippen LogP contribution in [-0.2, 0) is 11.3 Å². The Balaban J connectivity index is 1.41. The van der Waals surface area contributed by atoms with Crippen molar-refractivity contribution in [3.63, 3.8) is 0 Å². The Labute approximate surface area is 225 Å². The van der Waals surface area contributed by atoms with Gasteiger partial charge in [0.2, 0.25) is 5.95 Å². The number of hydrogen-bond acceptors (Lipinski definition) is 8. The van der Waals surface area contributed by atoms with Crippen molar-refractivity contribution < 1.29 is 4.74 Å². The van der Waals surface area contributed by atoms with Gasteiger partial charge in [-0.2, -0.15) is 4.98 Å². The van der Waals surface area contributed by atoms with Crippen LogP contribution in [0, 0.1) is 6.92 Å². The monoisotopic (exact) mass is 531 g/mol. The van der Waals surface area contributed by atoms with Crippen LogP contribution in [0.25, 0.3) is 33.4 Å². The summed E-state index contributed by atoms with van der Waals surface area (Å²) < 4.78 is 7.25. The molecule has 2 aliphatic heterocycles. The Morgan fingerprint density at radius 2 is 1.95 bits per heavy atom. The zero-order valence-corrected chi connectivity index (χ0v) is 22.1. The summed E-state index contributed by atoms with van der Waals surface area (Å²) in [6.07, 6.45) is 8.50. The van der Waals surface area contributed by atoms with E-state index in [1.165, 1.54) is 12.8 Å². The van der Waals surface area contributed by atoms with Crippen LogP contribution in [0.15, 0.2) is 47.7 Å². The number of ether oxygens (including phenoxy) is 1. The van der Waals surface area contributed by atoms with E-state index in [2.05, 4.69) is 25.2 Å².